The van der Waals surface area contributed by atoms with Gasteiger partial charge in [-0.3, -0.25) is 15.2 Å². The second-order valence-corrected chi connectivity index (χ2v) is 9.95. The first-order chi connectivity index (χ1) is 14.3. The lowest BCUT2D eigenvalue weighted by atomic mass is 9.99. The Labute approximate surface area is 181 Å². The number of nitrogens with zero attached hydrogens (tertiary/aromatic N) is 4. The average Bonchev–Trinajstić information content (AvgIpc) is 3.10. The number of hydrogen-bond acceptors (Lipinski definition) is 6. The van der Waals surface area contributed by atoms with Gasteiger partial charge in [0.05, 0.1) is 11.8 Å². The van der Waals surface area contributed by atoms with Gasteiger partial charge < -0.3 is 4.52 Å². The van der Waals surface area contributed by atoms with Crippen LogP contribution in [0.4, 0.5) is 0 Å². The van der Waals surface area contributed by atoms with Crippen molar-refractivity contribution < 1.29 is 22.5 Å². The average molecular weight is 494 g/mol. The molecule has 1 fully saturated rings. The molecule has 3 aromatic rings. The molecule has 158 valence electrons. The van der Waals surface area contributed by atoms with Crippen LogP contribution in [-0.4, -0.2) is 49.9 Å². The third-order valence-corrected chi connectivity index (χ3v) is 7.75. The number of hydrogen-bond donors (Lipinski definition) is 1. The maximum absolute atomic E-state index is 13.5. The number of carbonyl (C=O) groups excluding carboxylic acids is 1. The van der Waals surface area contributed by atoms with Gasteiger partial charge in [-0.2, -0.15) is 0 Å². The molecule has 11 heteroatoms. The third-order valence-electron chi connectivity index (χ3n) is 5.23. The molecular formula is C19H20BrN5O4S. The molecule has 0 bridgehead atoms. The summed E-state index contributed by atoms with van der Waals surface area (Å²) in [6, 6.07) is 12.3. The summed E-state index contributed by atoms with van der Waals surface area (Å²) >= 11 is 3.25. The van der Waals surface area contributed by atoms with Crippen molar-refractivity contribution in [1.82, 2.24) is 9.58 Å². The Morgan fingerprint density at radius 3 is 2.67 bits per heavy atom. The molecule has 2 aromatic carbocycles. The van der Waals surface area contributed by atoms with Gasteiger partial charge in [-0.05, 0) is 29.0 Å². The summed E-state index contributed by atoms with van der Waals surface area (Å²) in [6.45, 7) is 1.99. The Kier molecular flexibility index (Phi) is 5.51. The highest BCUT2D eigenvalue weighted by atomic mass is 79.9. The summed E-state index contributed by atoms with van der Waals surface area (Å²) in [7, 11) is -3.46. The Morgan fingerprint density at radius 1 is 1.27 bits per heavy atom. The van der Waals surface area contributed by atoms with E-state index >= 15 is 0 Å². The zero-order valence-electron chi connectivity index (χ0n) is 16.2. The van der Waals surface area contributed by atoms with Crippen LogP contribution < -0.4 is 20.6 Å². The standard InChI is InChI=1S/C19H20BrN5O4S/c1-2-30(27,28)23-9-10-24(25-18(20)19(21)29-22-25)16(12-23)17(26)15-8-7-13-5-3-4-6-14(13)11-15/h3-8,11,16,21H,2,9-10,12H2,1H3. The minimum Gasteiger partial charge on any atom is -0.379 e. The lowest BCUT2D eigenvalue weighted by molar-refractivity contribution is -0.775. The van der Waals surface area contributed by atoms with Gasteiger partial charge in [0, 0.05) is 41.1 Å². The molecular weight excluding hydrogens is 474 g/mol. The molecule has 4 rings (SSSR count). The lowest BCUT2D eigenvalue weighted by Gasteiger charge is -2.40. The van der Waals surface area contributed by atoms with E-state index in [1.165, 1.54) is 9.10 Å². The van der Waals surface area contributed by atoms with E-state index in [1.54, 1.807) is 18.0 Å². The SMILES string of the molecule is CCS(=O)(=O)N1CCN([n+]2[n-]oc(=N)c2Br)C(C(=O)c2ccc3ccccc3c2)C1. The number of carbonyl (C=O) groups is 1. The fraction of sp³-hybridized carbons (Fsp3) is 0.316. The van der Waals surface area contributed by atoms with E-state index in [0.29, 0.717) is 5.56 Å². The Balaban J connectivity index is 1.75. The predicted molar refractivity (Wildman–Crippen MR) is 112 cm³/mol. The van der Waals surface area contributed by atoms with E-state index in [-0.39, 0.29) is 41.3 Å². The minimum absolute atomic E-state index is 0.0124. The number of halogens is 1. The van der Waals surface area contributed by atoms with Crippen LogP contribution in [0.25, 0.3) is 10.8 Å². The maximum atomic E-state index is 13.5. The van der Waals surface area contributed by atoms with Crippen LogP contribution in [0.15, 0.2) is 51.6 Å². The molecule has 9 nitrogen and oxygen atoms in total. The molecule has 1 unspecified atom stereocenters. The molecule has 1 aliphatic heterocycles. The molecule has 2 heterocycles. The number of ketones is 1. The molecule has 30 heavy (non-hydrogen) atoms. The van der Waals surface area contributed by atoms with Gasteiger partial charge in [-0.1, -0.05) is 41.2 Å². The molecule has 1 N–H and O–H groups in total. The predicted octanol–water partition coefficient (Wildman–Crippen LogP) is 0.774. The number of Topliss-reactive ketones (excluding diaryl/α,β-unsaturated/α-hetero) is 1. The van der Waals surface area contributed by atoms with Crippen LogP contribution in [0.1, 0.15) is 17.3 Å². The third kappa shape index (κ3) is 3.68. The highest BCUT2D eigenvalue weighted by Gasteiger charge is 2.38. The monoisotopic (exact) mass is 493 g/mol. The number of piperazine rings is 1. The quantitative estimate of drug-likeness (QED) is 0.415. The second-order valence-electron chi connectivity index (χ2n) is 6.95. The highest BCUT2D eigenvalue weighted by Crippen LogP contribution is 2.20. The molecule has 1 aromatic heterocycles. The summed E-state index contributed by atoms with van der Waals surface area (Å²) < 4.78 is 31.4. The van der Waals surface area contributed by atoms with Gasteiger partial charge in [0.2, 0.25) is 10.0 Å². The summed E-state index contributed by atoms with van der Waals surface area (Å²) in [4.78, 5) is 14.8. The summed E-state index contributed by atoms with van der Waals surface area (Å²) in [6.07, 6.45) is 0. The van der Waals surface area contributed by atoms with Crippen molar-refractivity contribution in [1.29, 1.82) is 5.41 Å². The van der Waals surface area contributed by atoms with E-state index in [4.69, 9.17) is 9.93 Å². The number of aromatic nitrogens is 2. The first kappa shape index (κ1) is 20.8. The normalized spacial score (nSPS) is 18.1. The molecule has 0 radical (unpaired) electrons. The fourth-order valence-corrected chi connectivity index (χ4v) is 5.00. The molecule has 1 aliphatic rings. The van der Waals surface area contributed by atoms with Crippen molar-refractivity contribution in [3.05, 3.63) is 58.2 Å². The number of rotatable bonds is 5. The number of nitrogens with one attached hydrogen (secondary N) is 1. The molecule has 0 amide bonds. The Bertz CT molecular complexity index is 1270. The smallest absolute Gasteiger partial charge is 0.332 e. The van der Waals surface area contributed by atoms with Crippen molar-refractivity contribution in [2.24, 2.45) is 0 Å². The van der Waals surface area contributed by atoms with Crippen LogP contribution >= 0.6 is 15.9 Å². The van der Waals surface area contributed by atoms with Crippen molar-refractivity contribution >= 4 is 42.5 Å². The first-order valence-electron chi connectivity index (χ1n) is 9.38. The minimum atomic E-state index is -3.46. The number of benzene rings is 2. The van der Waals surface area contributed by atoms with Crippen LogP contribution in [0.3, 0.4) is 0 Å². The molecule has 1 saturated heterocycles. The van der Waals surface area contributed by atoms with Gasteiger partial charge in [-0.15, -0.1) is 0 Å². The van der Waals surface area contributed by atoms with Gasteiger partial charge in [0.15, 0.2) is 5.78 Å². The number of fused-ring (bicyclic) bond motifs is 1. The van der Waals surface area contributed by atoms with Crippen molar-refractivity contribution in [2.75, 3.05) is 30.4 Å². The molecule has 0 saturated carbocycles. The number of sulfonamides is 1. The van der Waals surface area contributed by atoms with Gasteiger partial charge in [0.1, 0.15) is 0 Å². The molecule has 1 atom stereocenters. The second kappa shape index (κ2) is 7.97. The largest absolute Gasteiger partial charge is 0.379 e. The zero-order chi connectivity index (χ0) is 21.5. The van der Waals surface area contributed by atoms with Crippen LogP contribution in [0, 0.1) is 5.41 Å². The Morgan fingerprint density at radius 2 is 2.00 bits per heavy atom. The van der Waals surface area contributed by atoms with E-state index < -0.39 is 16.1 Å². The van der Waals surface area contributed by atoms with E-state index in [0.717, 1.165) is 10.8 Å². The summed E-state index contributed by atoms with van der Waals surface area (Å²) in [5.74, 6) is -0.271. The van der Waals surface area contributed by atoms with Gasteiger partial charge in [-0.25, -0.2) is 12.7 Å². The Hall–Kier alpha value is -2.50. The van der Waals surface area contributed by atoms with E-state index in [2.05, 4.69) is 21.2 Å². The maximum Gasteiger partial charge on any atom is 0.332 e. The topological polar surface area (TPSA) is 113 Å². The molecule has 0 aliphatic carbocycles. The van der Waals surface area contributed by atoms with Crippen LogP contribution in [0.5, 0.6) is 0 Å². The van der Waals surface area contributed by atoms with Crippen LogP contribution in [0.2, 0.25) is 0 Å². The van der Waals surface area contributed by atoms with E-state index in [1.807, 2.05) is 36.4 Å². The fourth-order valence-electron chi connectivity index (χ4n) is 3.57. The van der Waals surface area contributed by atoms with Gasteiger partial charge in [0.25, 0.3) is 0 Å². The van der Waals surface area contributed by atoms with Crippen LogP contribution in [-0.2, 0) is 10.0 Å². The summed E-state index contributed by atoms with van der Waals surface area (Å²) in [5, 5.41) is 15.1. The zero-order valence-corrected chi connectivity index (χ0v) is 18.6. The van der Waals surface area contributed by atoms with Crippen molar-refractivity contribution in [3.8, 4) is 0 Å². The first-order valence-corrected chi connectivity index (χ1v) is 11.8. The van der Waals surface area contributed by atoms with Crippen molar-refractivity contribution in [2.45, 2.75) is 13.0 Å². The van der Waals surface area contributed by atoms with E-state index in [9.17, 15) is 13.2 Å². The molecule has 0 spiro atoms. The lowest BCUT2D eigenvalue weighted by Crippen LogP contribution is -2.73. The highest BCUT2D eigenvalue weighted by molar-refractivity contribution is 9.10. The van der Waals surface area contributed by atoms with Crippen molar-refractivity contribution in [3.63, 3.8) is 0 Å². The van der Waals surface area contributed by atoms with Gasteiger partial charge >= 0.3 is 10.2 Å². The summed E-state index contributed by atoms with van der Waals surface area (Å²) in [5.41, 5.74) is 0.293.